The SMILES string of the molecule is NCCCCS(=O)(=O)NCCOC(N)=O. The Morgan fingerprint density at radius 3 is 2.53 bits per heavy atom. The van der Waals surface area contributed by atoms with E-state index in [9.17, 15) is 13.2 Å². The van der Waals surface area contributed by atoms with Crippen LogP contribution in [-0.2, 0) is 14.8 Å². The van der Waals surface area contributed by atoms with Gasteiger partial charge in [-0.2, -0.15) is 0 Å². The fourth-order valence-electron chi connectivity index (χ4n) is 0.857. The van der Waals surface area contributed by atoms with E-state index in [0.717, 1.165) is 0 Å². The third-order valence-corrected chi connectivity index (χ3v) is 3.01. The second kappa shape index (κ2) is 7.43. The average Bonchev–Trinajstić information content (AvgIpc) is 2.13. The molecule has 0 bridgehead atoms. The lowest BCUT2D eigenvalue weighted by Gasteiger charge is -2.05. The van der Waals surface area contributed by atoms with Gasteiger partial charge in [-0.25, -0.2) is 17.9 Å². The van der Waals surface area contributed by atoms with E-state index in [2.05, 4.69) is 15.2 Å². The Morgan fingerprint density at radius 2 is 2.00 bits per heavy atom. The van der Waals surface area contributed by atoms with Crippen LogP contribution in [0.25, 0.3) is 0 Å². The molecule has 7 nitrogen and oxygen atoms in total. The fourth-order valence-corrected chi connectivity index (χ4v) is 1.98. The van der Waals surface area contributed by atoms with Gasteiger partial charge in [0.15, 0.2) is 0 Å². The van der Waals surface area contributed by atoms with Gasteiger partial charge in [-0.15, -0.1) is 0 Å². The van der Waals surface area contributed by atoms with Gasteiger partial charge >= 0.3 is 6.09 Å². The molecule has 0 aliphatic heterocycles. The number of nitrogens with one attached hydrogen (secondary N) is 1. The lowest BCUT2D eigenvalue weighted by atomic mass is 10.3. The molecule has 8 heteroatoms. The van der Waals surface area contributed by atoms with Crippen LogP contribution in [0.4, 0.5) is 4.79 Å². The largest absolute Gasteiger partial charge is 0.448 e. The summed E-state index contributed by atoms with van der Waals surface area (Å²) < 4.78 is 29.1. The zero-order valence-corrected chi connectivity index (χ0v) is 9.26. The second-order valence-corrected chi connectivity index (χ2v) is 4.80. The Balaban J connectivity index is 3.60. The van der Waals surface area contributed by atoms with Crippen molar-refractivity contribution in [3.63, 3.8) is 0 Å². The molecule has 0 aromatic rings. The fraction of sp³-hybridized carbons (Fsp3) is 0.857. The van der Waals surface area contributed by atoms with Crippen molar-refractivity contribution in [1.29, 1.82) is 0 Å². The van der Waals surface area contributed by atoms with Crippen molar-refractivity contribution >= 4 is 16.1 Å². The molecule has 0 aromatic heterocycles. The normalized spacial score (nSPS) is 11.3. The van der Waals surface area contributed by atoms with Gasteiger partial charge in [0.1, 0.15) is 6.61 Å². The van der Waals surface area contributed by atoms with E-state index in [1.54, 1.807) is 0 Å². The van der Waals surface area contributed by atoms with Crippen LogP contribution in [0.2, 0.25) is 0 Å². The van der Waals surface area contributed by atoms with Crippen molar-refractivity contribution in [1.82, 2.24) is 4.72 Å². The first kappa shape index (κ1) is 14.1. The second-order valence-electron chi connectivity index (χ2n) is 2.88. The van der Waals surface area contributed by atoms with E-state index < -0.39 is 16.1 Å². The Hall–Kier alpha value is -0.860. The average molecular weight is 239 g/mol. The van der Waals surface area contributed by atoms with E-state index >= 15 is 0 Å². The molecule has 90 valence electrons. The molecule has 15 heavy (non-hydrogen) atoms. The molecule has 0 spiro atoms. The lowest BCUT2D eigenvalue weighted by molar-refractivity contribution is 0.159. The first-order valence-electron chi connectivity index (χ1n) is 4.57. The Kier molecular flexibility index (Phi) is 7.01. The molecule has 0 atom stereocenters. The van der Waals surface area contributed by atoms with Crippen LogP contribution in [-0.4, -0.2) is 40.0 Å². The molecule has 0 heterocycles. The standard InChI is InChI=1S/C7H17N3O4S/c8-3-1-2-6-15(12,13)10-4-5-14-7(9)11/h10H,1-6,8H2,(H2,9,11). The maximum absolute atomic E-state index is 11.2. The van der Waals surface area contributed by atoms with Crippen LogP contribution in [0.15, 0.2) is 0 Å². The van der Waals surface area contributed by atoms with E-state index in [-0.39, 0.29) is 18.9 Å². The minimum atomic E-state index is -3.29. The molecule has 0 fully saturated rings. The molecule has 0 aliphatic carbocycles. The number of unbranched alkanes of at least 4 members (excludes halogenated alkanes) is 1. The van der Waals surface area contributed by atoms with Gasteiger partial charge in [0.25, 0.3) is 0 Å². The lowest BCUT2D eigenvalue weighted by Crippen LogP contribution is -2.31. The maximum atomic E-state index is 11.2. The smallest absolute Gasteiger partial charge is 0.404 e. The first-order valence-corrected chi connectivity index (χ1v) is 6.23. The third kappa shape index (κ3) is 9.44. The number of amides is 1. The highest BCUT2D eigenvalue weighted by Gasteiger charge is 2.08. The molecule has 1 amide bonds. The number of hydrogen-bond donors (Lipinski definition) is 3. The Labute approximate surface area is 89.2 Å². The Bertz CT molecular complexity index is 278. The number of sulfonamides is 1. The molecule has 0 aromatic carbocycles. The van der Waals surface area contributed by atoms with Gasteiger partial charge in [-0.05, 0) is 19.4 Å². The van der Waals surface area contributed by atoms with E-state index in [1.807, 2.05) is 0 Å². The minimum absolute atomic E-state index is 0.0285. The number of primary amides is 1. The summed E-state index contributed by atoms with van der Waals surface area (Å²) >= 11 is 0. The zero-order chi connectivity index (χ0) is 11.7. The summed E-state index contributed by atoms with van der Waals surface area (Å²) in [7, 11) is -3.29. The van der Waals surface area contributed by atoms with E-state index in [0.29, 0.717) is 19.4 Å². The maximum Gasteiger partial charge on any atom is 0.404 e. The molecule has 0 aliphatic rings. The molecule has 0 rings (SSSR count). The highest BCUT2D eigenvalue weighted by molar-refractivity contribution is 7.89. The van der Waals surface area contributed by atoms with Crippen molar-refractivity contribution in [2.24, 2.45) is 11.5 Å². The van der Waals surface area contributed by atoms with Gasteiger partial charge in [0.05, 0.1) is 5.75 Å². The summed E-state index contributed by atoms with van der Waals surface area (Å²) in [5.74, 6) is 0.0285. The predicted molar refractivity (Wildman–Crippen MR) is 55.6 cm³/mol. The van der Waals surface area contributed by atoms with Crippen LogP contribution in [0.3, 0.4) is 0 Å². The van der Waals surface area contributed by atoms with Gasteiger partial charge in [-0.1, -0.05) is 0 Å². The van der Waals surface area contributed by atoms with Crippen LogP contribution >= 0.6 is 0 Å². The number of rotatable bonds is 8. The molecule has 0 radical (unpaired) electrons. The minimum Gasteiger partial charge on any atom is -0.448 e. The van der Waals surface area contributed by atoms with Gasteiger partial charge in [0, 0.05) is 6.54 Å². The van der Waals surface area contributed by atoms with Crippen molar-refractivity contribution in [3.05, 3.63) is 0 Å². The van der Waals surface area contributed by atoms with Crippen LogP contribution < -0.4 is 16.2 Å². The predicted octanol–water partition coefficient (Wildman–Crippen LogP) is -1.26. The molecular weight excluding hydrogens is 222 g/mol. The third-order valence-electron chi connectivity index (χ3n) is 1.54. The van der Waals surface area contributed by atoms with Gasteiger partial charge in [-0.3, -0.25) is 0 Å². The van der Waals surface area contributed by atoms with Crippen molar-refractivity contribution in [2.45, 2.75) is 12.8 Å². The molecule has 0 unspecified atom stereocenters. The van der Waals surface area contributed by atoms with E-state index in [4.69, 9.17) is 5.73 Å². The summed E-state index contributed by atoms with van der Waals surface area (Å²) in [4.78, 5) is 10.1. The summed E-state index contributed by atoms with van der Waals surface area (Å²) in [6.07, 6.45) is 0.263. The molecule has 0 saturated heterocycles. The highest BCUT2D eigenvalue weighted by atomic mass is 32.2. The molecule has 5 N–H and O–H groups in total. The van der Waals surface area contributed by atoms with Crippen LogP contribution in [0.5, 0.6) is 0 Å². The van der Waals surface area contributed by atoms with Gasteiger partial charge in [0.2, 0.25) is 10.0 Å². The number of nitrogens with two attached hydrogens (primary N) is 2. The van der Waals surface area contributed by atoms with Crippen molar-refractivity contribution < 1.29 is 17.9 Å². The topological polar surface area (TPSA) is 125 Å². The summed E-state index contributed by atoms with van der Waals surface area (Å²) in [6, 6.07) is 0. The Morgan fingerprint density at radius 1 is 1.33 bits per heavy atom. The zero-order valence-electron chi connectivity index (χ0n) is 8.44. The summed E-state index contributed by atoms with van der Waals surface area (Å²) in [6.45, 7) is 0.444. The quantitative estimate of drug-likeness (QED) is 0.456. The van der Waals surface area contributed by atoms with Gasteiger partial charge < -0.3 is 16.2 Å². The monoisotopic (exact) mass is 239 g/mol. The number of hydrogen-bond acceptors (Lipinski definition) is 5. The summed E-state index contributed by atoms with van der Waals surface area (Å²) in [5, 5.41) is 0. The highest BCUT2D eigenvalue weighted by Crippen LogP contribution is 1.92. The van der Waals surface area contributed by atoms with Crippen LogP contribution in [0.1, 0.15) is 12.8 Å². The van der Waals surface area contributed by atoms with Crippen molar-refractivity contribution in [3.8, 4) is 0 Å². The number of carbonyl (C=O) groups is 1. The first-order chi connectivity index (χ1) is 6.98. The van der Waals surface area contributed by atoms with Crippen molar-refractivity contribution in [2.75, 3.05) is 25.4 Å². The number of ether oxygens (including phenoxy) is 1. The number of carbonyl (C=O) groups excluding carboxylic acids is 1. The summed E-state index contributed by atoms with van der Waals surface area (Å²) in [5.41, 5.74) is 9.91. The van der Waals surface area contributed by atoms with E-state index in [1.165, 1.54) is 0 Å². The molecular formula is C7H17N3O4S. The molecule has 0 saturated carbocycles. The van der Waals surface area contributed by atoms with Crippen LogP contribution in [0, 0.1) is 0 Å².